The first-order chi connectivity index (χ1) is 12.6. The molecule has 0 radical (unpaired) electrons. The van der Waals surface area contributed by atoms with Gasteiger partial charge in [-0.2, -0.15) is 4.73 Å². The quantitative estimate of drug-likeness (QED) is 0.571. The number of hydrogen-bond acceptors (Lipinski definition) is 4. The van der Waals surface area contributed by atoms with Gasteiger partial charge in [0.05, 0.1) is 12.8 Å². The first-order valence-corrected chi connectivity index (χ1v) is 10.0. The molecule has 1 unspecified atom stereocenters. The SMILES string of the molecule is CCCCCCCC[C@H]1CCC(OC)c2c1c(=O)c(OC)c(C)n2OC. The van der Waals surface area contributed by atoms with Crippen LogP contribution in [0.15, 0.2) is 4.79 Å². The van der Waals surface area contributed by atoms with E-state index in [0.717, 1.165) is 36.9 Å². The van der Waals surface area contributed by atoms with Gasteiger partial charge in [0.25, 0.3) is 0 Å². The Morgan fingerprint density at radius 1 is 1.04 bits per heavy atom. The van der Waals surface area contributed by atoms with E-state index in [9.17, 15) is 4.79 Å². The number of ether oxygens (including phenoxy) is 2. The summed E-state index contributed by atoms with van der Waals surface area (Å²) in [6.07, 6.45) is 10.4. The van der Waals surface area contributed by atoms with Crippen LogP contribution in [0.3, 0.4) is 0 Å². The van der Waals surface area contributed by atoms with Crippen molar-refractivity contribution in [3.8, 4) is 5.75 Å². The molecule has 2 rings (SSSR count). The molecule has 1 aromatic heterocycles. The average molecular weight is 366 g/mol. The fourth-order valence-corrected chi connectivity index (χ4v) is 4.28. The minimum absolute atomic E-state index is 0.00559. The highest BCUT2D eigenvalue weighted by Gasteiger charge is 2.35. The summed E-state index contributed by atoms with van der Waals surface area (Å²) in [4.78, 5) is 18.7. The van der Waals surface area contributed by atoms with Gasteiger partial charge >= 0.3 is 0 Å². The van der Waals surface area contributed by atoms with Gasteiger partial charge in [-0.3, -0.25) is 4.79 Å². The van der Waals surface area contributed by atoms with Gasteiger partial charge in [0.1, 0.15) is 18.9 Å². The average Bonchev–Trinajstić information content (AvgIpc) is 2.65. The highest BCUT2D eigenvalue weighted by Crippen LogP contribution is 2.41. The highest BCUT2D eigenvalue weighted by molar-refractivity contribution is 5.40. The van der Waals surface area contributed by atoms with Crippen LogP contribution < -0.4 is 15.0 Å². The van der Waals surface area contributed by atoms with Gasteiger partial charge in [0.15, 0.2) is 5.75 Å². The van der Waals surface area contributed by atoms with E-state index in [1.54, 1.807) is 26.1 Å². The van der Waals surface area contributed by atoms with Crippen LogP contribution in [0.4, 0.5) is 0 Å². The lowest BCUT2D eigenvalue weighted by molar-refractivity contribution is 0.0472. The molecule has 5 nitrogen and oxygen atoms in total. The molecule has 0 spiro atoms. The van der Waals surface area contributed by atoms with Gasteiger partial charge in [0.2, 0.25) is 5.43 Å². The lowest BCUT2D eigenvalue weighted by Gasteiger charge is -2.33. The summed E-state index contributed by atoms with van der Waals surface area (Å²) in [5.41, 5.74) is 2.41. The largest absolute Gasteiger partial charge is 0.491 e. The summed E-state index contributed by atoms with van der Waals surface area (Å²) < 4.78 is 12.8. The molecular weight excluding hydrogens is 330 g/mol. The van der Waals surface area contributed by atoms with E-state index < -0.39 is 0 Å². The zero-order valence-electron chi connectivity index (χ0n) is 17.1. The number of hydrogen-bond donors (Lipinski definition) is 0. The molecule has 1 heterocycles. The molecule has 26 heavy (non-hydrogen) atoms. The Kier molecular flexibility index (Phi) is 8.01. The van der Waals surface area contributed by atoms with Gasteiger partial charge < -0.3 is 14.3 Å². The molecule has 0 amide bonds. The summed E-state index contributed by atoms with van der Waals surface area (Å²) in [6.45, 7) is 4.09. The predicted octanol–water partition coefficient (Wildman–Crippen LogP) is 4.54. The smallest absolute Gasteiger partial charge is 0.227 e. The van der Waals surface area contributed by atoms with Crippen LogP contribution in [0, 0.1) is 6.92 Å². The van der Waals surface area contributed by atoms with Crippen LogP contribution in [-0.4, -0.2) is 26.1 Å². The molecule has 1 aromatic rings. The first kappa shape index (κ1) is 20.8. The number of fused-ring (bicyclic) bond motifs is 1. The van der Waals surface area contributed by atoms with E-state index in [4.69, 9.17) is 14.3 Å². The van der Waals surface area contributed by atoms with Crippen molar-refractivity contribution in [2.75, 3.05) is 21.3 Å². The van der Waals surface area contributed by atoms with E-state index in [0.29, 0.717) is 11.4 Å². The second kappa shape index (κ2) is 10.0. The fraction of sp³-hybridized carbons (Fsp3) is 0.762. The van der Waals surface area contributed by atoms with Crippen molar-refractivity contribution in [3.05, 3.63) is 27.2 Å². The van der Waals surface area contributed by atoms with Crippen LogP contribution in [0.25, 0.3) is 0 Å². The zero-order chi connectivity index (χ0) is 19.1. The minimum Gasteiger partial charge on any atom is -0.491 e. The van der Waals surface area contributed by atoms with Gasteiger partial charge in [-0.25, -0.2) is 0 Å². The molecule has 0 saturated carbocycles. The lowest BCUT2D eigenvalue weighted by atomic mass is 9.80. The lowest BCUT2D eigenvalue weighted by Crippen LogP contribution is -2.33. The molecule has 1 aliphatic carbocycles. The number of aromatic nitrogens is 1. The van der Waals surface area contributed by atoms with Crippen molar-refractivity contribution < 1.29 is 14.3 Å². The molecule has 0 saturated heterocycles. The second-order valence-electron chi connectivity index (χ2n) is 7.28. The van der Waals surface area contributed by atoms with Crippen molar-refractivity contribution in [3.63, 3.8) is 0 Å². The van der Waals surface area contributed by atoms with E-state index in [1.807, 2.05) is 6.92 Å². The van der Waals surface area contributed by atoms with E-state index in [1.165, 1.54) is 32.1 Å². The van der Waals surface area contributed by atoms with Gasteiger partial charge in [-0.1, -0.05) is 45.4 Å². The Bertz CT molecular complexity index is 638. The van der Waals surface area contributed by atoms with Gasteiger partial charge in [-0.05, 0) is 32.1 Å². The van der Waals surface area contributed by atoms with Crippen molar-refractivity contribution in [1.82, 2.24) is 4.73 Å². The van der Waals surface area contributed by atoms with Crippen LogP contribution >= 0.6 is 0 Å². The molecule has 148 valence electrons. The van der Waals surface area contributed by atoms with Gasteiger partial charge in [-0.15, -0.1) is 0 Å². The Balaban J connectivity index is 2.30. The fourth-order valence-electron chi connectivity index (χ4n) is 4.28. The van der Waals surface area contributed by atoms with Crippen LogP contribution in [0.2, 0.25) is 0 Å². The second-order valence-corrected chi connectivity index (χ2v) is 7.28. The molecule has 1 aliphatic rings. The topological polar surface area (TPSA) is 49.7 Å². The number of pyridine rings is 1. The van der Waals surface area contributed by atoms with Gasteiger partial charge in [0, 0.05) is 12.7 Å². The Labute approximate surface area is 157 Å². The summed E-state index contributed by atoms with van der Waals surface area (Å²) in [7, 11) is 4.88. The standard InChI is InChI=1S/C21H35NO4/c1-6-7-8-9-10-11-12-16-13-14-17(24-3)19-18(16)20(23)21(25-4)15(2)22(19)26-5/h16-17H,6-14H2,1-5H3/t16-,17?/m0/s1. The molecule has 5 heteroatoms. The summed E-state index contributed by atoms with van der Waals surface area (Å²) in [5.74, 6) is 0.640. The summed E-state index contributed by atoms with van der Waals surface area (Å²) in [5, 5.41) is 0. The predicted molar refractivity (Wildman–Crippen MR) is 104 cm³/mol. The molecule has 0 aliphatic heterocycles. The summed E-state index contributed by atoms with van der Waals surface area (Å²) >= 11 is 0. The molecule has 2 atom stereocenters. The van der Waals surface area contributed by atoms with E-state index >= 15 is 0 Å². The Hall–Kier alpha value is -1.49. The Morgan fingerprint density at radius 2 is 1.73 bits per heavy atom. The van der Waals surface area contributed by atoms with Crippen LogP contribution in [0.1, 0.15) is 93.7 Å². The zero-order valence-corrected chi connectivity index (χ0v) is 17.1. The summed E-state index contributed by atoms with van der Waals surface area (Å²) in [6, 6.07) is 0. The maximum Gasteiger partial charge on any atom is 0.227 e. The van der Waals surface area contributed by atoms with Crippen molar-refractivity contribution in [2.24, 2.45) is 0 Å². The molecular formula is C21H35NO4. The number of methoxy groups -OCH3 is 2. The van der Waals surface area contributed by atoms with E-state index in [2.05, 4.69) is 6.92 Å². The molecule has 0 bridgehead atoms. The molecule has 0 fully saturated rings. The minimum atomic E-state index is -0.108. The normalized spacial score (nSPS) is 19.3. The third-order valence-electron chi connectivity index (χ3n) is 5.65. The monoisotopic (exact) mass is 365 g/mol. The van der Waals surface area contributed by atoms with Crippen molar-refractivity contribution in [2.45, 2.75) is 83.7 Å². The molecule has 0 aromatic carbocycles. The van der Waals surface area contributed by atoms with Crippen LogP contribution in [0.5, 0.6) is 5.75 Å². The number of nitrogens with zero attached hydrogens (tertiary/aromatic N) is 1. The number of rotatable bonds is 10. The van der Waals surface area contributed by atoms with Crippen LogP contribution in [-0.2, 0) is 4.74 Å². The maximum absolute atomic E-state index is 13.1. The van der Waals surface area contributed by atoms with Crippen molar-refractivity contribution in [1.29, 1.82) is 0 Å². The maximum atomic E-state index is 13.1. The Morgan fingerprint density at radius 3 is 2.35 bits per heavy atom. The van der Waals surface area contributed by atoms with E-state index in [-0.39, 0.29) is 17.5 Å². The molecule has 0 N–H and O–H groups in total. The highest BCUT2D eigenvalue weighted by atomic mass is 16.6. The number of unbranched alkanes of at least 4 members (excludes halogenated alkanes) is 5. The first-order valence-electron chi connectivity index (χ1n) is 10.0. The van der Waals surface area contributed by atoms with Crippen molar-refractivity contribution >= 4 is 0 Å². The third kappa shape index (κ3) is 4.25. The third-order valence-corrected chi connectivity index (χ3v) is 5.65.